The van der Waals surface area contributed by atoms with Gasteiger partial charge in [-0.3, -0.25) is 5.01 Å². The number of hydrogen-bond acceptors (Lipinski definition) is 2. The van der Waals surface area contributed by atoms with Crippen molar-refractivity contribution in [2.75, 3.05) is 5.01 Å². The van der Waals surface area contributed by atoms with Gasteiger partial charge in [0.2, 0.25) is 0 Å². The maximum atomic E-state index is 6.36. The van der Waals surface area contributed by atoms with Crippen molar-refractivity contribution >= 4 is 46.2 Å². The Hall–Kier alpha value is -1.22. The molecule has 2 nitrogen and oxygen atoms in total. The van der Waals surface area contributed by atoms with Crippen LogP contribution in [-0.4, -0.2) is 5.71 Å². The summed E-state index contributed by atoms with van der Waals surface area (Å²) in [5.41, 5.74) is 3.20. The monoisotopic (exact) mass is 352 g/mol. The lowest BCUT2D eigenvalue weighted by molar-refractivity contribution is 0.708. The third kappa shape index (κ3) is 3.10. The normalized spacial score (nSPS) is 17.7. The van der Waals surface area contributed by atoms with Crippen molar-refractivity contribution in [1.29, 1.82) is 0 Å². The lowest BCUT2D eigenvalue weighted by Crippen LogP contribution is -2.18. The van der Waals surface area contributed by atoms with Crippen molar-refractivity contribution in [3.05, 3.63) is 63.1 Å². The summed E-state index contributed by atoms with van der Waals surface area (Å²) >= 11 is 18.4. The maximum Gasteiger partial charge on any atom is 0.0828 e. The van der Waals surface area contributed by atoms with Gasteiger partial charge in [-0.25, -0.2) is 0 Å². The predicted molar refractivity (Wildman–Crippen MR) is 95.5 cm³/mol. The molecule has 0 radical (unpaired) electrons. The highest BCUT2D eigenvalue weighted by Crippen LogP contribution is 2.40. The van der Waals surface area contributed by atoms with E-state index >= 15 is 0 Å². The first-order valence-corrected chi connectivity index (χ1v) is 8.28. The zero-order chi connectivity index (χ0) is 15.7. The van der Waals surface area contributed by atoms with Gasteiger partial charge < -0.3 is 0 Å². The molecule has 1 heterocycles. The van der Waals surface area contributed by atoms with Crippen molar-refractivity contribution in [3.8, 4) is 0 Å². The van der Waals surface area contributed by atoms with Gasteiger partial charge in [-0.15, -0.1) is 0 Å². The minimum atomic E-state index is 0.130. The summed E-state index contributed by atoms with van der Waals surface area (Å²) in [6.07, 6.45) is 1.81. The first-order chi connectivity index (χ1) is 10.6. The van der Waals surface area contributed by atoms with Crippen molar-refractivity contribution in [2.24, 2.45) is 5.10 Å². The van der Waals surface area contributed by atoms with Crippen LogP contribution >= 0.6 is 34.8 Å². The SMILES string of the molecule is CCC1=NN(c2ccc(Cl)cc2Cl)C(c2ccc(Cl)cc2)C1. The topological polar surface area (TPSA) is 15.6 Å². The third-order valence-corrected chi connectivity index (χ3v) is 4.58. The predicted octanol–water partition coefficient (Wildman–Crippen LogP) is 6.36. The summed E-state index contributed by atoms with van der Waals surface area (Å²) in [5, 5.41) is 8.68. The van der Waals surface area contributed by atoms with Gasteiger partial charge in [-0.1, -0.05) is 53.9 Å². The highest BCUT2D eigenvalue weighted by Gasteiger charge is 2.29. The van der Waals surface area contributed by atoms with E-state index in [0.29, 0.717) is 10.0 Å². The molecule has 0 aromatic heterocycles. The van der Waals surface area contributed by atoms with Gasteiger partial charge in [0, 0.05) is 22.2 Å². The molecule has 0 bridgehead atoms. The Bertz CT molecular complexity index is 710. The molecule has 0 amide bonds. The molecule has 0 saturated carbocycles. The number of nitrogens with zero attached hydrogens (tertiary/aromatic N) is 2. The Morgan fingerprint density at radius 2 is 1.73 bits per heavy atom. The van der Waals surface area contributed by atoms with Gasteiger partial charge in [-0.05, 0) is 42.3 Å². The number of hydrazone groups is 1. The molecule has 0 N–H and O–H groups in total. The Kier molecular flexibility index (Phi) is 4.62. The molecule has 114 valence electrons. The van der Waals surface area contributed by atoms with Gasteiger partial charge >= 0.3 is 0 Å². The fraction of sp³-hybridized carbons (Fsp3) is 0.235. The van der Waals surface area contributed by atoms with E-state index in [4.69, 9.17) is 39.9 Å². The highest BCUT2D eigenvalue weighted by molar-refractivity contribution is 6.36. The van der Waals surface area contributed by atoms with E-state index in [0.717, 1.165) is 29.3 Å². The van der Waals surface area contributed by atoms with Crippen LogP contribution in [0.1, 0.15) is 31.4 Å². The van der Waals surface area contributed by atoms with Crippen LogP contribution in [0.3, 0.4) is 0 Å². The Morgan fingerprint density at radius 3 is 2.36 bits per heavy atom. The first-order valence-electron chi connectivity index (χ1n) is 7.14. The van der Waals surface area contributed by atoms with Crippen molar-refractivity contribution in [3.63, 3.8) is 0 Å². The molecule has 0 saturated heterocycles. The maximum absolute atomic E-state index is 6.36. The van der Waals surface area contributed by atoms with Crippen LogP contribution in [0.2, 0.25) is 15.1 Å². The summed E-state index contributed by atoms with van der Waals surface area (Å²) in [4.78, 5) is 0. The first kappa shape index (κ1) is 15.7. The molecule has 1 aliphatic rings. The van der Waals surface area contributed by atoms with Crippen molar-refractivity contribution < 1.29 is 0 Å². The lowest BCUT2D eigenvalue weighted by atomic mass is 10.0. The largest absolute Gasteiger partial charge is 0.256 e. The third-order valence-electron chi connectivity index (χ3n) is 3.79. The van der Waals surface area contributed by atoms with Crippen LogP contribution in [-0.2, 0) is 0 Å². The van der Waals surface area contributed by atoms with Crippen LogP contribution in [0.5, 0.6) is 0 Å². The van der Waals surface area contributed by atoms with E-state index < -0.39 is 0 Å². The molecule has 1 atom stereocenters. The van der Waals surface area contributed by atoms with Crippen molar-refractivity contribution in [1.82, 2.24) is 0 Å². The van der Waals surface area contributed by atoms with E-state index in [2.05, 4.69) is 6.92 Å². The summed E-state index contributed by atoms with van der Waals surface area (Å²) < 4.78 is 0. The van der Waals surface area contributed by atoms with E-state index in [1.807, 2.05) is 41.4 Å². The number of anilines is 1. The minimum absolute atomic E-state index is 0.130. The smallest absolute Gasteiger partial charge is 0.0828 e. The van der Waals surface area contributed by atoms with Gasteiger partial charge in [0.25, 0.3) is 0 Å². The van der Waals surface area contributed by atoms with Gasteiger partial charge in [-0.2, -0.15) is 5.10 Å². The number of halogens is 3. The second-order valence-corrected chi connectivity index (χ2v) is 6.51. The van der Waals surface area contributed by atoms with Gasteiger partial charge in [0.05, 0.1) is 16.8 Å². The second kappa shape index (κ2) is 6.49. The Morgan fingerprint density at radius 1 is 1.05 bits per heavy atom. The minimum Gasteiger partial charge on any atom is -0.256 e. The molecular weight excluding hydrogens is 339 g/mol. The quantitative estimate of drug-likeness (QED) is 0.626. The van der Waals surface area contributed by atoms with Crippen LogP contribution in [0.15, 0.2) is 47.6 Å². The summed E-state index contributed by atoms with van der Waals surface area (Å²) in [7, 11) is 0. The second-order valence-electron chi connectivity index (χ2n) is 5.23. The average molecular weight is 354 g/mol. The molecule has 5 heteroatoms. The average Bonchev–Trinajstić information content (AvgIpc) is 2.92. The fourth-order valence-corrected chi connectivity index (χ4v) is 3.24. The standard InChI is InChI=1S/C17H15Cl3N2/c1-2-14-10-17(11-3-5-12(18)6-4-11)22(21-14)16-8-7-13(19)9-15(16)20/h3-9,17H,2,10H2,1H3. The molecule has 0 spiro atoms. The fourth-order valence-electron chi connectivity index (χ4n) is 2.62. The van der Waals surface area contributed by atoms with Gasteiger partial charge in [0.15, 0.2) is 0 Å². The summed E-state index contributed by atoms with van der Waals surface area (Å²) in [6, 6.07) is 13.5. The van der Waals surface area contributed by atoms with E-state index in [-0.39, 0.29) is 6.04 Å². The van der Waals surface area contributed by atoms with Crippen LogP contribution in [0.4, 0.5) is 5.69 Å². The zero-order valence-corrected chi connectivity index (χ0v) is 14.3. The molecule has 2 aromatic rings. The van der Waals surface area contributed by atoms with E-state index in [1.165, 1.54) is 5.56 Å². The van der Waals surface area contributed by atoms with Crippen LogP contribution in [0, 0.1) is 0 Å². The van der Waals surface area contributed by atoms with Gasteiger partial charge in [0.1, 0.15) is 0 Å². The van der Waals surface area contributed by atoms with Crippen LogP contribution < -0.4 is 5.01 Å². The lowest BCUT2D eigenvalue weighted by Gasteiger charge is -2.25. The molecule has 1 aliphatic heterocycles. The number of benzene rings is 2. The van der Waals surface area contributed by atoms with Crippen molar-refractivity contribution in [2.45, 2.75) is 25.8 Å². The summed E-state index contributed by atoms with van der Waals surface area (Å²) in [5.74, 6) is 0. The number of rotatable bonds is 3. The molecule has 0 fully saturated rings. The van der Waals surface area contributed by atoms with Crippen LogP contribution in [0.25, 0.3) is 0 Å². The number of hydrogen-bond donors (Lipinski definition) is 0. The Balaban J connectivity index is 2.01. The summed E-state index contributed by atoms with van der Waals surface area (Å²) in [6.45, 7) is 2.12. The molecule has 0 aliphatic carbocycles. The molecule has 3 rings (SSSR count). The zero-order valence-electron chi connectivity index (χ0n) is 12.1. The van der Waals surface area contributed by atoms with E-state index in [9.17, 15) is 0 Å². The molecule has 1 unspecified atom stereocenters. The molecular formula is C17H15Cl3N2. The van der Waals surface area contributed by atoms with E-state index in [1.54, 1.807) is 6.07 Å². The molecule has 22 heavy (non-hydrogen) atoms. The molecule has 2 aromatic carbocycles. The Labute approximate surface area is 145 Å². The highest BCUT2D eigenvalue weighted by atomic mass is 35.5.